The molecule has 4 nitrogen and oxygen atoms in total. The average molecular weight is 280 g/mol. The second kappa shape index (κ2) is 14.0. The lowest BCUT2D eigenvalue weighted by atomic mass is 10.1. The lowest BCUT2D eigenvalue weighted by Crippen LogP contribution is -1.91. The van der Waals surface area contributed by atoms with Crippen molar-refractivity contribution in [2.24, 2.45) is 0 Å². The molecule has 0 spiro atoms. The van der Waals surface area contributed by atoms with Gasteiger partial charge >= 0.3 is 0 Å². The maximum atomic E-state index is 7.94. The van der Waals surface area contributed by atoms with E-state index in [1.165, 1.54) is 10.8 Å². The Bertz CT molecular complexity index is 356. The van der Waals surface area contributed by atoms with Gasteiger partial charge in [-0.05, 0) is 10.8 Å². The van der Waals surface area contributed by atoms with E-state index in [4.69, 9.17) is 10.2 Å². The van der Waals surface area contributed by atoms with Gasteiger partial charge in [-0.15, -0.1) is 0 Å². The smallest absolute Gasteiger partial charge is 0.0693 e. The Hall–Kier alpha value is -1.46. The van der Waals surface area contributed by atoms with Crippen LogP contribution in [0.1, 0.15) is 0 Å². The molecule has 0 radical (unpaired) electrons. The van der Waals surface area contributed by atoms with Crippen LogP contribution in [0, 0.1) is 0 Å². The molecule has 112 valence electrons. The van der Waals surface area contributed by atoms with Gasteiger partial charge < -0.3 is 19.7 Å². The van der Waals surface area contributed by atoms with E-state index in [0.29, 0.717) is 13.2 Å². The predicted octanol–water partition coefficient (Wildman–Crippen LogP) is 2.09. The predicted molar refractivity (Wildman–Crippen MR) is 81.9 cm³/mol. The first-order valence-corrected chi connectivity index (χ1v) is 6.43. The van der Waals surface area contributed by atoms with Crippen LogP contribution in [-0.2, 0) is 9.47 Å². The first kappa shape index (κ1) is 18.5. The van der Waals surface area contributed by atoms with E-state index in [1.807, 2.05) is 0 Å². The molecule has 4 heteroatoms. The molecule has 2 rings (SSSR count). The molecule has 0 atom stereocenters. The van der Waals surface area contributed by atoms with Gasteiger partial charge in [0.25, 0.3) is 0 Å². The van der Waals surface area contributed by atoms with Crippen molar-refractivity contribution in [3.8, 4) is 0 Å². The van der Waals surface area contributed by atoms with Crippen LogP contribution in [0.3, 0.4) is 0 Å². The van der Waals surface area contributed by atoms with Gasteiger partial charge in [-0.25, -0.2) is 0 Å². The van der Waals surface area contributed by atoms with Crippen LogP contribution in [0.25, 0.3) is 10.8 Å². The molecule has 0 aliphatic rings. The number of ether oxygens (including phenoxy) is 2. The van der Waals surface area contributed by atoms with Gasteiger partial charge in [-0.2, -0.15) is 0 Å². The highest BCUT2D eigenvalue weighted by Gasteiger charge is 1.85. The third-order valence-corrected chi connectivity index (χ3v) is 2.25. The van der Waals surface area contributed by atoms with Gasteiger partial charge in [0.05, 0.1) is 26.4 Å². The van der Waals surface area contributed by atoms with E-state index >= 15 is 0 Å². The van der Waals surface area contributed by atoms with Crippen LogP contribution in [0.2, 0.25) is 0 Å². The Morgan fingerprint density at radius 2 is 1.00 bits per heavy atom. The van der Waals surface area contributed by atoms with Crippen molar-refractivity contribution in [2.75, 3.05) is 40.6 Å². The zero-order chi connectivity index (χ0) is 15.1. The summed E-state index contributed by atoms with van der Waals surface area (Å²) >= 11 is 0. The van der Waals surface area contributed by atoms with Crippen molar-refractivity contribution in [1.29, 1.82) is 0 Å². The number of aliphatic hydroxyl groups excluding tert-OH is 2. The standard InChI is InChI=1S/C10H8.2C3H8O2/c1-2-6-10-8-4-3-7-9(10)5-1;2*1-5-3-2-4/h1-8H;2*4H,2-3H2,1H3. The zero-order valence-electron chi connectivity index (χ0n) is 12.2. The van der Waals surface area contributed by atoms with E-state index in [-0.39, 0.29) is 13.2 Å². The minimum atomic E-state index is 0.122. The van der Waals surface area contributed by atoms with Crippen LogP contribution in [-0.4, -0.2) is 50.9 Å². The minimum absolute atomic E-state index is 0.122. The minimum Gasteiger partial charge on any atom is -0.394 e. The van der Waals surface area contributed by atoms with Crippen LogP contribution < -0.4 is 0 Å². The van der Waals surface area contributed by atoms with Crippen molar-refractivity contribution in [3.05, 3.63) is 48.5 Å². The monoisotopic (exact) mass is 280 g/mol. The molecule has 2 aromatic carbocycles. The van der Waals surface area contributed by atoms with E-state index in [0.717, 1.165) is 0 Å². The number of aliphatic hydroxyl groups is 2. The zero-order valence-corrected chi connectivity index (χ0v) is 12.2. The van der Waals surface area contributed by atoms with Gasteiger partial charge in [0, 0.05) is 14.2 Å². The summed E-state index contributed by atoms with van der Waals surface area (Å²) in [6.07, 6.45) is 0. The maximum absolute atomic E-state index is 7.94. The molecule has 2 N–H and O–H groups in total. The quantitative estimate of drug-likeness (QED) is 0.900. The summed E-state index contributed by atoms with van der Waals surface area (Å²) in [5.41, 5.74) is 0. The molecule has 0 saturated heterocycles. The molecule has 0 heterocycles. The first-order chi connectivity index (χ1) is 9.79. The molecule has 0 bridgehead atoms. The Labute approximate surface area is 120 Å². The normalized spacial score (nSPS) is 9.20. The van der Waals surface area contributed by atoms with Gasteiger partial charge in [0.2, 0.25) is 0 Å². The summed E-state index contributed by atoms with van der Waals surface area (Å²) in [5, 5.41) is 18.5. The molecule has 0 aliphatic carbocycles. The molecule has 2 aromatic rings. The maximum Gasteiger partial charge on any atom is 0.0693 e. The number of methoxy groups -OCH3 is 2. The molecule has 0 aromatic heterocycles. The summed E-state index contributed by atoms with van der Waals surface area (Å²) in [4.78, 5) is 0. The van der Waals surface area contributed by atoms with Gasteiger partial charge in [-0.3, -0.25) is 0 Å². The molecule has 0 amide bonds. The molecule has 0 saturated carbocycles. The fourth-order valence-electron chi connectivity index (χ4n) is 1.32. The molecular weight excluding hydrogens is 256 g/mol. The first-order valence-electron chi connectivity index (χ1n) is 6.43. The highest BCUT2D eigenvalue weighted by atomic mass is 16.5. The van der Waals surface area contributed by atoms with Crippen molar-refractivity contribution in [2.45, 2.75) is 0 Å². The number of rotatable bonds is 4. The molecule has 0 fully saturated rings. The van der Waals surface area contributed by atoms with E-state index in [2.05, 4.69) is 58.0 Å². The van der Waals surface area contributed by atoms with Crippen LogP contribution in [0.5, 0.6) is 0 Å². The molecule has 0 unspecified atom stereocenters. The van der Waals surface area contributed by atoms with E-state index < -0.39 is 0 Å². The third-order valence-electron chi connectivity index (χ3n) is 2.25. The number of benzene rings is 2. The summed E-state index contributed by atoms with van der Waals surface area (Å²) in [7, 11) is 3.10. The van der Waals surface area contributed by atoms with E-state index in [9.17, 15) is 0 Å². The highest BCUT2D eigenvalue weighted by Crippen LogP contribution is 2.11. The van der Waals surface area contributed by atoms with Crippen LogP contribution in [0.4, 0.5) is 0 Å². The fraction of sp³-hybridized carbons (Fsp3) is 0.375. The number of hydrogen-bond acceptors (Lipinski definition) is 4. The Kier molecular flexibility index (Phi) is 12.9. The lowest BCUT2D eigenvalue weighted by Gasteiger charge is -1.92. The highest BCUT2D eigenvalue weighted by molar-refractivity contribution is 5.81. The van der Waals surface area contributed by atoms with Crippen LogP contribution >= 0.6 is 0 Å². The van der Waals surface area contributed by atoms with Crippen molar-refractivity contribution < 1.29 is 19.7 Å². The van der Waals surface area contributed by atoms with Gasteiger partial charge in [0.1, 0.15) is 0 Å². The largest absolute Gasteiger partial charge is 0.394 e. The van der Waals surface area contributed by atoms with Crippen molar-refractivity contribution >= 4 is 10.8 Å². The second-order valence-electron chi connectivity index (χ2n) is 3.78. The summed E-state index contributed by atoms with van der Waals surface area (Å²) < 4.78 is 8.88. The van der Waals surface area contributed by atoms with Crippen LogP contribution in [0.15, 0.2) is 48.5 Å². The Morgan fingerprint density at radius 1 is 0.700 bits per heavy atom. The summed E-state index contributed by atoms with van der Waals surface area (Å²) in [5.74, 6) is 0. The topological polar surface area (TPSA) is 58.9 Å². The fourth-order valence-corrected chi connectivity index (χ4v) is 1.32. The SMILES string of the molecule is COCCO.COCCO.c1ccc2ccccc2c1. The summed E-state index contributed by atoms with van der Waals surface area (Å²) in [6.45, 7) is 1.13. The number of fused-ring (bicyclic) bond motifs is 1. The Balaban J connectivity index is 0.000000310. The van der Waals surface area contributed by atoms with Crippen molar-refractivity contribution in [3.63, 3.8) is 0 Å². The second-order valence-corrected chi connectivity index (χ2v) is 3.78. The van der Waals surface area contributed by atoms with E-state index in [1.54, 1.807) is 14.2 Å². The van der Waals surface area contributed by atoms with Gasteiger partial charge in [0.15, 0.2) is 0 Å². The molecular formula is C16H24O4. The average Bonchev–Trinajstić information content (AvgIpc) is 2.50. The lowest BCUT2D eigenvalue weighted by molar-refractivity contribution is 0.135. The Morgan fingerprint density at radius 3 is 1.15 bits per heavy atom. The van der Waals surface area contributed by atoms with Gasteiger partial charge in [-0.1, -0.05) is 48.5 Å². The molecule has 20 heavy (non-hydrogen) atoms. The number of hydrogen-bond donors (Lipinski definition) is 2. The molecule has 0 aliphatic heterocycles. The third kappa shape index (κ3) is 9.47. The summed E-state index contributed by atoms with van der Waals surface area (Å²) in [6, 6.07) is 16.7. The van der Waals surface area contributed by atoms with Crippen molar-refractivity contribution in [1.82, 2.24) is 0 Å².